The predicted octanol–water partition coefficient (Wildman–Crippen LogP) is 2.85. The van der Waals surface area contributed by atoms with Gasteiger partial charge in [0.05, 0.1) is 18.5 Å². The van der Waals surface area contributed by atoms with Gasteiger partial charge >= 0.3 is 0 Å². The molecule has 3 heteroatoms. The molecule has 1 aromatic rings. The summed E-state index contributed by atoms with van der Waals surface area (Å²) in [7, 11) is 1.71. The third kappa shape index (κ3) is 1.51. The lowest BCUT2D eigenvalue weighted by atomic mass is 9.74. The number of ether oxygens (including phenoxy) is 1. The highest BCUT2D eigenvalue weighted by atomic mass is 16.5. The minimum atomic E-state index is 0.368. The molecular formula is C13H18N2O. The van der Waals surface area contributed by atoms with Crippen molar-refractivity contribution in [3.05, 3.63) is 18.2 Å². The number of hydrogen-bond acceptors (Lipinski definition) is 3. The zero-order valence-corrected chi connectivity index (χ0v) is 9.68. The van der Waals surface area contributed by atoms with Gasteiger partial charge in [0, 0.05) is 18.2 Å². The first-order chi connectivity index (χ1) is 7.81. The highest BCUT2D eigenvalue weighted by Crippen LogP contribution is 2.42. The fraction of sp³-hybridized carbons (Fsp3) is 0.538. The van der Waals surface area contributed by atoms with E-state index in [1.54, 1.807) is 7.11 Å². The zero-order chi connectivity index (χ0) is 11.0. The van der Waals surface area contributed by atoms with E-state index in [-0.39, 0.29) is 0 Å². The van der Waals surface area contributed by atoms with Crippen molar-refractivity contribution in [2.75, 3.05) is 24.3 Å². The number of fused-ring (bicyclic) bond motifs is 1. The number of rotatable bonds is 1. The Hall–Kier alpha value is -1.38. The van der Waals surface area contributed by atoms with Crippen LogP contribution in [0.5, 0.6) is 5.75 Å². The molecule has 0 unspecified atom stereocenters. The molecular weight excluding hydrogens is 200 g/mol. The molecule has 1 heterocycles. The van der Waals surface area contributed by atoms with Crippen LogP contribution >= 0.6 is 0 Å². The average molecular weight is 218 g/mol. The molecule has 1 saturated carbocycles. The molecule has 3 rings (SSSR count). The Morgan fingerprint density at radius 2 is 2.06 bits per heavy atom. The second-order valence-corrected chi connectivity index (χ2v) is 4.85. The summed E-state index contributed by atoms with van der Waals surface area (Å²) in [6, 6.07) is 6.21. The van der Waals surface area contributed by atoms with Crippen LogP contribution in [0.4, 0.5) is 11.4 Å². The maximum absolute atomic E-state index is 5.25. The zero-order valence-electron chi connectivity index (χ0n) is 9.68. The SMILES string of the molecule is COc1ccc2c(c1)NCCC1(CCC1)N2. The highest BCUT2D eigenvalue weighted by Gasteiger charge is 2.37. The summed E-state index contributed by atoms with van der Waals surface area (Å²) < 4.78 is 5.25. The third-order valence-corrected chi connectivity index (χ3v) is 3.86. The van der Waals surface area contributed by atoms with Crippen molar-refractivity contribution in [2.45, 2.75) is 31.2 Å². The first-order valence-corrected chi connectivity index (χ1v) is 6.01. The summed E-state index contributed by atoms with van der Waals surface area (Å²) in [4.78, 5) is 0. The Labute approximate surface area is 96.2 Å². The second kappa shape index (κ2) is 3.58. The largest absolute Gasteiger partial charge is 0.497 e. The topological polar surface area (TPSA) is 33.3 Å². The number of anilines is 2. The molecule has 1 fully saturated rings. The summed E-state index contributed by atoms with van der Waals surface area (Å²) in [5.41, 5.74) is 2.76. The van der Waals surface area contributed by atoms with E-state index in [1.807, 2.05) is 6.07 Å². The van der Waals surface area contributed by atoms with E-state index < -0.39 is 0 Å². The molecule has 0 amide bonds. The van der Waals surface area contributed by atoms with Crippen molar-refractivity contribution in [1.29, 1.82) is 0 Å². The van der Waals surface area contributed by atoms with E-state index in [4.69, 9.17) is 4.74 Å². The summed E-state index contributed by atoms with van der Waals surface area (Å²) in [6.45, 7) is 1.05. The van der Waals surface area contributed by atoms with E-state index in [1.165, 1.54) is 37.1 Å². The van der Waals surface area contributed by atoms with E-state index >= 15 is 0 Å². The van der Waals surface area contributed by atoms with Crippen molar-refractivity contribution in [3.8, 4) is 5.75 Å². The third-order valence-electron chi connectivity index (χ3n) is 3.86. The van der Waals surface area contributed by atoms with Crippen LogP contribution in [-0.4, -0.2) is 19.2 Å². The van der Waals surface area contributed by atoms with Crippen LogP contribution < -0.4 is 15.4 Å². The lowest BCUT2D eigenvalue weighted by Gasteiger charge is -2.42. The molecule has 2 N–H and O–H groups in total. The molecule has 0 radical (unpaired) electrons. The van der Waals surface area contributed by atoms with Gasteiger partial charge in [0.1, 0.15) is 5.75 Å². The lowest BCUT2D eigenvalue weighted by Crippen LogP contribution is -2.45. The van der Waals surface area contributed by atoms with E-state index in [2.05, 4.69) is 22.8 Å². The second-order valence-electron chi connectivity index (χ2n) is 4.85. The van der Waals surface area contributed by atoms with E-state index in [0.29, 0.717) is 5.54 Å². The molecule has 16 heavy (non-hydrogen) atoms. The minimum absolute atomic E-state index is 0.368. The molecule has 0 bridgehead atoms. The Kier molecular flexibility index (Phi) is 2.20. The van der Waals surface area contributed by atoms with Crippen molar-refractivity contribution in [3.63, 3.8) is 0 Å². The van der Waals surface area contributed by atoms with Gasteiger partial charge < -0.3 is 15.4 Å². The maximum Gasteiger partial charge on any atom is 0.121 e. The van der Waals surface area contributed by atoms with Crippen molar-refractivity contribution < 1.29 is 4.74 Å². The number of nitrogens with one attached hydrogen (secondary N) is 2. The first kappa shape index (κ1) is 9.82. The average Bonchev–Trinajstić information content (AvgIpc) is 2.46. The maximum atomic E-state index is 5.25. The van der Waals surface area contributed by atoms with Crippen LogP contribution in [0.25, 0.3) is 0 Å². The number of methoxy groups -OCH3 is 1. The Bertz CT molecular complexity index is 399. The van der Waals surface area contributed by atoms with Gasteiger partial charge in [-0.3, -0.25) is 0 Å². The molecule has 3 nitrogen and oxygen atoms in total. The van der Waals surface area contributed by atoms with Gasteiger partial charge in [-0.15, -0.1) is 0 Å². The molecule has 2 aliphatic rings. The molecule has 1 aromatic carbocycles. The first-order valence-electron chi connectivity index (χ1n) is 6.01. The van der Waals surface area contributed by atoms with Crippen LogP contribution in [0, 0.1) is 0 Å². The van der Waals surface area contributed by atoms with Gasteiger partial charge in [-0.25, -0.2) is 0 Å². The van der Waals surface area contributed by atoms with Crippen LogP contribution in [0.1, 0.15) is 25.7 Å². The van der Waals surface area contributed by atoms with Crippen molar-refractivity contribution >= 4 is 11.4 Å². The summed E-state index contributed by atoms with van der Waals surface area (Å²) in [6.07, 6.45) is 5.18. The molecule has 0 saturated heterocycles. The number of hydrogen-bond donors (Lipinski definition) is 2. The van der Waals surface area contributed by atoms with Gasteiger partial charge in [0.25, 0.3) is 0 Å². The standard InChI is InChI=1S/C13H18N2O/c1-16-10-3-4-11-12(9-10)14-8-7-13(15-11)5-2-6-13/h3-4,9,14-15H,2,5-8H2,1H3. The van der Waals surface area contributed by atoms with E-state index in [0.717, 1.165) is 12.3 Å². The molecule has 1 spiro atoms. The normalized spacial score (nSPS) is 21.1. The van der Waals surface area contributed by atoms with Crippen LogP contribution in [0.15, 0.2) is 18.2 Å². The molecule has 1 aliphatic heterocycles. The summed E-state index contributed by atoms with van der Waals surface area (Å²) in [5.74, 6) is 0.914. The van der Waals surface area contributed by atoms with Crippen molar-refractivity contribution in [1.82, 2.24) is 0 Å². The Balaban J connectivity index is 1.92. The van der Waals surface area contributed by atoms with Gasteiger partial charge in [-0.05, 0) is 37.8 Å². The van der Waals surface area contributed by atoms with Gasteiger partial charge in [0.2, 0.25) is 0 Å². The Morgan fingerprint density at radius 3 is 2.75 bits per heavy atom. The smallest absolute Gasteiger partial charge is 0.121 e. The monoisotopic (exact) mass is 218 g/mol. The van der Waals surface area contributed by atoms with Gasteiger partial charge in [0.15, 0.2) is 0 Å². The molecule has 0 aromatic heterocycles. The van der Waals surface area contributed by atoms with E-state index in [9.17, 15) is 0 Å². The quantitative estimate of drug-likeness (QED) is 0.760. The molecule has 86 valence electrons. The van der Waals surface area contributed by atoms with Crippen molar-refractivity contribution in [2.24, 2.45) is 0 Å². The fourth-order valence-electron chi connectivity index (χ4n) is 2.67. The fourth-order valence-corrected chi connectivity index (χ4v) is 2.67. The lowest BCUT2D eigenvalue weighted by molar-refractivity contribution is 0.268. The highest BCUT2D eigenvalue weighted by molar-refractivity contribution is 5.72. The Morgan fingerprint density at radius 1 is 1.19 bits per heavy atom. The minimum Gasteiger partial charge on any atom is -0.497 e. The molecule has 1 aliphatic carbocycles. The van der Waals surface area contributed by atoms with Crippen LogP contribution in [-0.2, 0) is 0 Å². The summed E-state index contributed by atoms with van der Waals surface area (Å²) in [5, 5.41) is 7.19. The van der Waals surface area contributed by atoms with Gasteiger partial charge in [-0.2, -0.15) is 0 Å². The summed E-state index contributed by atoms with van der Waals surface area (Å²) >= 11 is 0. The van der Waals surface area contributed by atoms with Crippen LogP contribution in [0.2, 0.25) is 0 Å². The number of benzene rings is 1. The predicted molar refractivity (Wildman–Crippen MR) is 66.3 cm³/mol. The molecule has 0 atom stereocenters. The van der Waals surface area contributed by atoms with Gasteiger partial charge in [-0.1, -0.05) is 0 Å². The van der Waals surface area contributed by atoms with Crippen LogP contribution in [0.3, 0.4) is 0 Å².